The molecule has 0 atom stereocenters. The zero-order chi connectivity index (χ0) is 15.1. The third kappa shape index (κ3) is 2.01. The summed E-state index contributed by atoms with van der Waals surface area (Å²) in [6.07, 6.45) is 0. The first-order valence-electron chi connectivity index (χ1n) is 7.19. The SMILES string of the molecule is NCc1ccc2[nH]c(-c3cc4ccccc4[nH]c3=O)cc2c1. The van der Waals surface area contributed by atoms with Gasteiger partial charge < -0.3 is 15.7 Å². The van der Waals surface area contributed by atoms with Gasteiger partial charge in [0, 0.05) is 23.0 Å². The van der Waals surface area contributed by atoms with E-state index in [2.05, 4.69) is 9.97 Å². The van der Waals surface area contributed by atoms with Crippen LogP contribution >= 0.6 is 0 Å². The van der Waals surface area contributed by atoms with Gasteiger partial charge in [0.1, 0.15) is 0 Å². The molecular formula is C18H15N3O. The molecule has 0 bridgehead atoms. The van der Waals surface area contributed by atoms with E-state index < -0.39 is 0 Å². The number of aromatic amines is 2. The van der Waals surface area contributed by atoms with Crippen LogP contribution in [-0.4, -0.2) is 9.97 Å². The van der Waals surface area contributed by atoms with E-state index in [0.717, 1.165) is 33.1 Å². The van der Waals surface area contributed by atoms with Gasteiger partial charge in [-0.3, -0.25) is 4.79 Å². The lowest BCUT2D eigenvalue weighted by Crippen LogP contribution is -2.08. The van der Waals surface area contributed by atoms with E-state index in [4.69, 9.17) is 5.73 Å². The molecule has 4 nitrogen and oxygen atoms in total. The molecule has 4 aromatic rings. The number of para-hydroxylation sites is 1. The highest BCUT2D eigenvalue weighted by atomic mass is 16.1. The molecule has 4 heteroatoms. The van der Waals surface area contributed by atoms with Gasteiger partial charge in [-0.15, -0.1) is 0 Å². The molecule has 0 aliphatic carbocycles. The van der Waals surface area contributed by atoms with E-state index in [1.165, 1.54) is 0 Å². The Kier molecular flexibility index (Phi) is 2.84. The predicted octanol–water partition coefficient (Wildman–Crippen LogP) is 3.14. The molecule has 0 spiro atoms. The van der Waals surface area contributed by atoms with E-state index in [1.54, 1.807) is 0 Å². The number of rotatable bonds is 2. The van der Waals surface area contributed by atoms with Crippen molar-refractivity contribution in [3.05, 3.63) is 70.5 Å². The molecular weight excluding hydrogens is 274 g/mol. The van der Waals surface area contributed by atoms with E-state index in [1.807, 2.05) is 54.6 Å². The highest BCUT2D eigenvalue weighted by Gasteiger charge is 2.09. The maximum Gasteiger partial charge on any atom is 0.257 e. The Labute approximate surface area is 126 Å². The van der Waals surface area contributed by atoms with E-state index in [-0.39, 0.29) is 5.56 Å². The summed E-state index contributed by atoms with van der Waals surface area (Å²) in [5.41, 5.74) is 9.96. The minimum atomic E-state index is -0.0932. The minimum absolute atomic E-state index is 0.0932. The first kappa shape index (κ1) is 12.9. The molecule has 0 radical (unpaired) electrons. The van der Waals surface area contributed by atoms with E-state index in [9.17, 15) is 4.79 Å². The average Bonchev–Trinajstić information content (AvgIpc) is 2.96. The van der Waals surface area contributed by atoms with E-state index >= 15 is 0 Å². The van der Waals surface area contributed by atoms with E-state index in [0.29, 0.717) is 12.1 Å². The molecule has 4 N–H and O–H groups in total. The van der Waals surface area contributed by atoms with Gasteiger partial charge >= 0.3 is 0 Å². The molecule has 0 saturated carbocycles. The number of benzene rings is 2. The summed E-state index contributed by atoms with van der Waals surface area (Å²) in [4.78, 5) is 18.6. The summed E-state index contributed by atoms with van der Waals surface area (Å²) < 4.78 is 0. The molecule has 22 heavy (non-hydrogen) atoms. The van der Waals surface area contributed by atoms with Crippen LogP contribution in [0.2, 0.25) is 0 Å². The van der Waals surface area contributed by atoms with Crippen molar-refractivity contribution in [3.8, 4) is 11.3 Å². The summed E-state index contributed by atoms with van der Waals surface area (Å²) in [5.74, 6) is 0. The number of nitrogens with one attached hydrogen (secondary N) is 2. The highest BCUT2D eigenvalue weighted by Crippen LogP contribution is 2.24. The van der Waals surface area contributed by atoms with Gasteiger partial charge in [-0.25, -0.2) is 0 Å². The minimum Gasteiger partial charge on any atom is -0.354 e. The highest BCUT2D eigenvalue weighted by molar-refractivity contribution is 5.89. The Morgan fingerprint density at radius 3 is 2.55 bits per heavy atom. The predicted molar refractivity (Wildman–Crippen MR) is 89.8 cm³/mol. The summed E-state index contributed by atoms with van der Waals surface area (Å²) in [6.45, 7) is 0.507. The Bertz CT molecular complexity index is 1040. The summed E-state index contributed by atoms with van der Waals surface area (Å²) in [6, 6.07) is 17.7. The van der Waals surface area contributed by atoms with Crippen LogP contribution < -0.4 is 11.3 Å². The van der Waals surface area contributed by atoms with Crippen molar-refractivity contribution in [2.24, 2.45) is 5.73 Å². The maximum absolute atomic E-state index is 12.3. The summed E-state index contributed by atoms with van der Waals surface area (Å²) >= 11 is 0. The van der Waals surface area contributed by atoms with Crippen LogP contribution in [-0.2, 0) is 6.54 Å². The van der Waals surface area contributed by atoms with Crippen molar-refractivity contribution in [2.75, 3.05) is 0 Å². The zero-order valence-electron chi connectivity index (χ0n) is 11.9. The van der Waals surface area contributed by atoms with Crippen LogP contribution in [0.25, 0.3) is 33.1 Å². The van der Waals surface area contributed by atoms with Gasteiger partial charge in [0.2, 0.25) is 0 Å². The maximum atomic E-state index is 12.3. The number of aromatic nitrogens is 2. The molecule has 0 unspecified atom stereocenters. The fourth-order valence-corrected chi connectivity index (χ4v) is 2.80. The monoisotopic (exact) mass is 289 g/mol. The Balaban J connectivity index is 1.94. The van der Waals surface area contributed by atoms with Crippen LogP contribution in [0.4, 0.5) is 0 Å². The molecule has 0 saturated heterocycles. The molecule has 2 aromatic carbocycles. The third-order valence-corrected chi connectivity index (χ3v) is 3.96. The summed E-state index contributed by atoms with van der Waals surface area (Å²) in [5, 5.41) is 2.07. The fourth-order valence-electron chi connectivity index (χ4n) is 2.80. The molecule has 4 rings (SSSR count). The number of nitrogens with two attached hydrogens (primary N) is 1. The first-order chi connectivity index (χ1) is 10.7. The second-order valence-electron chi connectivity index (χ2n) is 5.41. The summed E-state index contributed by atoms with van der Waals surface area (Å²) in [7, 11) is 0. The van der Waals surface area contributed by atoms with Crippen LogP contribution in [0.3, 0.4) is 0 Å². The van der Waals surface area contributed by atoms with Crippen molar-refractivity contribution >= 4 is 21.8 Å². The van der Waals surface area contributed by atoms with Crippen molar-refractivity contribution in [3.63, 3.8) is 0 Å². The molecule has 2 aromatic heterocycles. The number of fused-ring (bicyclic) bond motifs is 2. The van der Waals surface area contributed by atoms with Crippen LogP contribution in [0, 0.1) is 0 Å². The van der Waals surface area contributed by atoms with Gasteiger partial charge in [0.05, 0.1) is 11.3 Å². The largest absolute Gasteiger partial charge is 0.354 e. The quantitative estimate of drug-likeness (QED) is 0.530. The zero-order valence-corrected chi connectivity index (χ0v) is 11.9. The van der Waals surface area contributed by atoms with Gasteiger partial charge in [-0.2, -0.15) is 0 Å². The number of pyridine rings is 1. The van der Waals surface area contributed by atoms with Gasteiger partial charge in [0.15, 0.2) is 0 Å². The number of hydrogen-bond acceptors (Lipinski definition) is 2. The number of H-pyrrole nitrogens is 2. The third-order valence-electron chi connectivity index (χ3n) is 3.96. The lowest BCUT2D eigenvalue weighted by molar-refractivity contribution is 1.08. The lowest BCUT2D eigenvalue weighted by atomic mass is 10.1. The van der Waals surface area contributed by atoms with Crippen molar-refractivity contribution < 1.29 is 0 Å². The normalized spacial score (nSPS) is 11.3. The average molecular weight is 289 g/mol. The second-order valence-corrected chi connectivity index (χ2v) is 5.41. The Morgan fingerprint density at radius 2 is 1.68 bits per heavy atom. The molecule has 0 aliphatic heterocycles. The van der Waals surface area contributed by atoms with Gasteiger partial charge in [0.25, 0.3) is 5.56 Å². The molecule has 0 fully saturated rings. The van der Waals surface area contributed by atoms with Crippen molar-refractivity contribution in [2.45, 2.75) is 6.54 Å². The molecule has 108 valence electrons. The molecule has 0 aliphatic rings. The smallest absolute Gasteiger partial charge is 0.257 e. The topological polar surface area (TPSA) is 74.7 Å². The van der Waals surface area contributed by atoms with Crippen molar-refractivity contribution in [1.82, 2.24) is 9.97 Å². The van der Waals surface area contributed by atoms with Crippen LogP contribution in [0.1, 0.15) is 5.56 Å². The number of hydrogen-bond donors (Lipinski definition) is 3. The first-order valence-corrected chi connectivity index (χ1v) is 7.19. The van der Waals surface area contributed by atoms with Crippen LogP contribution in [0.5, 0.6) is 0 Å². The molecule has 0 amide bonds. The lowest BCUT2D eigenvalue weighted by Gasteiger charge is -2.01. The molecule has 2 heterocycles. The Hall–Kier alpha value is -2.85. The second kappa shape index (κ2) is 4.86. The standard InChI is InChI=1S/C18H15N3O/c19-10-11-5-6-16-13(7-11)9-17(20-16)14-8-12-3-1-2-4-15(12)21-18(14)22/h1-9,20H,10,19H2,(H,21,22). The van der Waals surface area contributed by atoms with Crippen LogP contribution in [0.15, 0.2) is 59.4 Å². The van der Waals surface area contributed by atoms with Gasteiger partial charge in [-0.1, -0.05) is 24.3 Å². The van der Waals surface area contributed by atoms with Crippen molar-refractivity contribution in [1.29, 1.82) is 0 Å². The Morgan fingerprint density at radius 1 is 0.864 bits per heavy atom. The van der Waals surface area contributed by atoms with Gasteiger partial charge in [-0.05, 0) is 41.3 Å². The fraction of sp³-hybridized carbons (Fsp3) is 0.0556.